The molecule has 1 heterocycles. The number of para-hydroxylation sites is 1. The molecule has 0 saturated carbocycles. The number of amides is 1. The molecule has 4 aromatic rings. The second-order valence-corrected chi connectivity index (χ2v) is 8.71. The quantitative estimate of drug-likeness (QED) is 0.254. The van der Waals surface area contributed by atoms with E-state index in [9.17, 15) is 4.79 Å². The van der Waals surface area contributed by atoms with Crippen LogP contribution in [0.25, 0.3) is 11.3 Å². The van der Waals surface area contributed by atoms with Crippen molar-refractivity contribution in [2.75, 3.05) is 11.4 Å². The van der Waals surface area contributed by atoms with Gasteiger partial charge in [-0.1, -0.05) is 66.2 Å². The lowest BCUT2D eigenvalue weighted by Crippen LogP contribution is -2.31. The lowest BCUT2D eigenvalue weighted by atomic mass is 10.1. The van der Waals surface area contributed by atoms with Crippen molar-refractivity contribution >= 4 is 34.0 Å². The zero-order valence-corrected chi connectivity index (χ0v) is 19.8. The van der Waals surface area contributed by atoms with Gasteiger partial charge < -0.3 is 4.74 Å². The number of ether oxygens (including phenoxy) is 1. The van der Waals surface area contributed by atoms with E-state index in [1.54, 1.807) is 17.0 Å². The number of rotatable bonds is 8. The predicted octanol–water partition coefficient (Wildman–Crippen LogP) is 7.18. The molecular weight excluding hydrogens is 452 g/mol. The van der Waals surface area contributed by atoms with Crippen molar-refractivity contribution in [1.82, 2.24) is 4.98 Å². The van der Waals surface area contributed by atoms with Crippen molar-refractivity contribution in [2.24, 2.45) is 0 Å². The summed E-state index contributed by atoms with van der Waals surface area (Å²) in [7, 11) is 0. The SMILES string of the molecule is C=CCN(C(=O)c1ccccc1OCc1ccccc1C)c1nc(-c2ccc(Cl)cc2)cs1. The molecule has 33 heavy (non-hydrogen) atoms. The van der Waals surface area contributed by atoms with Gasteiger partial charge in [-0.2, -0.15) is 0 Å². The van der Waals surface area contributed by atoms with Gasteiger partial charge in [-0.15, -0.1) is 17.9 Å². The second kappa shape index (κ2) is 10.5. The highest BCUT2D eigenvalue weighted by Crippen LogP contribution is 2.31. The molecule has 166 valence electrons. The van der Waals surface area contributed by atoms with Crippen molar-refractivity contribution in [3.8, 4) is 17.0 Å². The molecule has 0 radical (unpaired) electrons. The summed E-state index contributed by atoms with van der Waals surface area (Å²) >= 11 is 7.41. The van der Waals surface area contributed by atoms with Gasteiger partial charge in [0.15, 0.2) is 5.13 Å². The topological polar surface area (TPSA) is 42.4 Å². The second-order valence-electron chi connectivity index (χ2n) is 7.44. The number of anilines is 1. The van der Waals surface area contributed by atoms with Crippen LogP contribution in [0.4, 0.5) is 5.13 Å². The van der Waals surface area contributed by atoms with E-state index in [1.807, 2.05) is 79.0 Å². The molecule has 0 N–H and O–H groups in total. The summed E-state index contributed by atoms with van der Waals surface area (Å²) < 4.78 is 6.07. The number of halogens is 1. The maximum atomic E-state index is 13.6. The van der Waals surface area contributed by atoms with Crippen LogP contribution in [0.1, 0.15) is 21.5 Å². The smallest absolute Gasteiger partial charge is 0.264 e. The lowest BCUT2D eigenvalue weighted by Gasteiger charge is -2.20. The van der Waals surface area contributed by atoms with Crippen LogP contribution in [0.15, 0.2) is 90.8 Å². The van der Waals surface area contributed by atoms with E-state index in [-0.39, 0.29) is 5.91 Å². The maximum Gasteiger partial charge on any atom is 0.264 e. The summed E-state index contributed by atoms with van der Waals surface area (Å²) in [5, 5.41) is 3.20. The molecule has 0 saturated heterocycles. The average Bonchev–Trinajstić information content (AvgIpc) is 3.32. The molecule has 1 amide bonds. The molecule has 4 nitrogen and oxygen atoms in total. The Kier molecular flexibility index (Phi) is 7.23. The van der Waals surface area contributed by atoms with Gasteiger partial charge in [0.2, 0.25) is 0 Å². The van der Waals surface area contributed by atoms with Gasteiger partial charge >= 0.3 is 0 Å². The molecule has 4 rings (SSSR count). The molecule has 0 unspecified atom stereocenters. The third kappa shape index (κ3) is 5.33. The van der Waals surface area contributed by atoms with Crippen LogP contribution in [0.2, 0.25) is 5.02 Å². The summed E-state index contributed by atoms with van der Waals surface area (Å²) in [4.78, 5) is 19.9. The molecule has 0 aliphatic rings. The van der Waals surface area contributed by atoms with Gasteiger partial charge in [0.25, 0.3) is 5.91 Å². The van der Waals surface area contributed by atoms with Crippen LogP contribution in [-0.2, 0) is 6.61 Å². The number of hydrogen-bond acceptors (Lipinski definition) is 4. The number of hydrogen-bond donors (Lipinski definition) is 0. The third-order valence-electron chi connectivity index (χ3n) is 5.18. The molecule has 3 aromatic carbocycles. The molecular formula is C27H23ClN2O2S. The monoisotopic (exact) mass is 474 g/mol. The van der Waals surface area contributed by atoms with Gasteiger partial charge in [-0.05, 0) is 42.3 Å². The first kappa shape index (κ1) is 22.8. The molecule has 0 bridgehead atoms. The van der Waals surface area contributed by atoms with Crippen LogP contribution in [0.5, 0.6) is 5.75 Å². The number of aryl methyl sites for hydroxylation is 1. The Morgan fingerprint density at radius 2 is 1.82 bits per heavy atom. The molecule has 0 spiro atoms. The first-order valence-electron chi connectivity index (χ1n) is 10.5. The highest BCUT2D eigenvalue weighted by Gasteiger charge is 2.23. The minimum absolute atomic E-state index is 0.188. The number of carbonyl (C=O) groups excluding carboxylic acids is 1. The minimum atomic E-state index is -0.188. The maximum absolute atomic E-state index is 13.6. The first-order valence-corrected chi connectivity index (χ1v) is 11.7. The molecule has 1 aromatic heterocycles. The summed E-state index contributed by atoms with van der Waals surface area (Å²) in [5.74, 6) is 0.349. The third-order valence-corrected chi connectivity index (χ3v) is 6.30. The van der Waals surface area contributed by atoms with Gasteiger partial charge in [-0.25, -0.2) is 4.98 Å². The van der Waals surface area contributed by atoms with E-state index in [1.165, 1.54) is 11.3 Å². The standard InChI is InChI=1S/C27H23ClN2O2S/c1-3-16-30(27-29-24(18-33-27)20-12-14-22(28)15-13-20)26(31)23-10-6-7-11-25(23)32-17-21-9-5-4-8-19(21)2/h3-15,18H,1,16-17H2,2H3. The Morgan fingerprint density at radius 1 is 1.09 bits per heavy atom. The highest BCUT2D eigenvalue weighted by molar-refractivity contribution is 7.14. The Hall–Kier alpha value is -3.41. The molecule has 0 aliphatic carbocycles. The van der Waals surface area contributed by atoms with Crippen LogP contribution < -0.4 is 9.64 Å². The summed E-state index contributed by atoms with van der Waals surface area (Å²) in [6, 6.07) is 22.8. The van der Waals surface area contributed by atoms with Gasteiger partial charge in [0, 0.05) is 22.5 Å². The van der Waals surface area contributed by atoms with E-state index in [0.717, 1.165) is 22.4 Å². The molecule has 6 heteroatoms. The fourth-order valence-corrected chi connectivity index (χ4v) is 4.33. The van der Waals surface area contributed by atoms with Crippen molar-refractivity contribution in [3.05, 3.63) is 113 Å². The van der Waals surface area contributed by atoms with Gasteiger partial charge in [0.05, 0.1) is 11.3 Å². The number of nitrogens with zero attached hydrogens (tertiary/aromatic N) is 2. The van der Waals surface area contributed by atoms with E-state index in [4.69, 9.17) is 21.3 Å². The van der Waals surface area contributed by atoms with Crippen molar-refractivity contribution in [3.63, 3.8) is 0 Å². The normalized spacial score (nSPS) is 10.6. The largest absolute Gasteiger partial charge is 0.488 e. The number of aromatic nitrogens is 1. The Labute approximate surface area is 202 Å². The Morgan fingerprint density at radius 3 is 2.58 bits per heavy atom. The number of benzene rings is 3. The molecule has 0 atom stereocenters. The lowest BCUT2D eigenvalue weighted by molar-refractivity contribution is 0.0985. The molecule has 0 fully saturated rings. The van der Waals surface area contributed by atoms with Crippen LogP contribution in [0.3, 0.4) is 0 Å². The van der Waals surface area contributed by atoms with Gasteiger partial charge in [-0.3, -0.25) is 9.69 Å². The Bertz CT molecular complexity index is 1270. The number of carbonyl (C=O) groups is 1. The Balaban J connectivity index is 1.59. The fraction of sp³-hybridized carbons (Fsp3) is 0.111. The molecule has 0 aliphatic heterocycles. The fourth-order valence-electron chi connectivity index (χ4n) is 3.36. The number of thiazole rings is 1. The van der Waals surface area contributed by atoms with Crippen molar-refractivity contribution in [1.29, 1.82) is 0 Å². The van der Waals surface area contributed by atoms with Gasteiger partial charge in [0.1, 0.15) is 12.4 Å². The van der Waals surface area contributed by atoms with E-state index >= 15 is 0 Å². The van der Waals surface area contributed by atoms with Crippen LogP contribution >= 0.6 is 22.9 Å². The van der Waals surface area contributed by atoms with Crippen LogP contribution in [0, 0.1) is 6.92 Å². The summed E-state index contributed by atoms with van der Waals surface area (Å²) in [6.45, 7) is 6.58. The average molecular weight is 475 g/mol. The zero-order chi connectivity index (χ0) is 23.2. The summed E-state index contributed by atoms with van der Waals surface area (Å²) in [5.41, 5.74) is 4.44. The highest BCUT2D eigenvalue weighted by atomic mass is 35.5. The van der Waals surface area contributed by atoms with E-state index < -0.39 is 0 Å². The van der Waals surface area contributed by atoms with Crippen molar-refractivity contribution < 1.29 is 9.53 Å². The van der Waals surface area contributed by atoms with Crippen molar-refractivity contribution in [2.45, 2.75) is 13.5 Å². The minimum Gasteiger partial charge on any atom is -0.488 e. The predicted molar refractivity (Wildman–Crippen MR) is 136 cm³/mol. The van der Waals surface area contributed by atoms with E-state index in [2.05, 4.69) is 6.58 Å². The zero-order valence-electron chi connectivity index (χ0n) is 18.2. The first-order chi connectivity index (χ1) is 16.1. The van der Waals surface area contributed by atoms with E-state index in [0.29, 0.717) is 34.6 Å². The van der Waals surface area contributed by atoms with Crippen LogP contribution in [-0.4, -0.2) is 17.4 Å². The summed E-state index contributed by atoms with van der Waals surface area (Å²) in [6.07, 6.45) is 1.69.